The maximum atomic E-state index is 5.46. The smallest absolute Gasteiger partial charge is 0.241 e. The maximum absolute atomic E-state index is 5.46. The summed E-state index contributed by atoms with van der Waals surface area (Å²) in [6.07, 6.45) is 2.40. The molecule has 2 aromatic heterocycles. The summed E-state index contributed by atoms with van der Waals surface area (Å²) in [5.74, 6) is 1.39. The van der Waals surface area contributed by atoms with Crippen molar-refractivity contribution in [3.05, 3.63) is 58.1 Å². The molecule has 0 bridgehead atoms. The van der Waals surface area contributed by atoms with Gasteiger partial charge in [-0.25, -0.2) is 0 Å². The minimum Gasteiger partial charge on any atom is -0.338 e. The topological polar surface area (TPSA) is 42.2 Å². The Hall–Kier alpha value is -1.98. The third-order valence-electron chi connectivity index (χ3n) is 4.41. The molecule has 1 aliphatic heterocycles. The van der Waals surface area contributed by atoms with Crippen molar-refractivity contribution in [2.75, 3.05) is 6.54 Å². The van der Waals surface area contributed by atoms with Gasteiger partial charge in [0.1, 0.15) is 0 Å². The van der Waals surface area contributed by atoms with Crippen molar-refractivity contribution >= 4 is 11.3 Å². The van der Waals surface area contributed by atoms with E-state index >= 15 is 0 Å². The van der Waals surface area contributed by atoms with Gasteiger partial charge in [0.2, 0.25) is 11.7 Å². The molecule has 0 radical (unpaired) electrons. The number of rotatable bonds is 4. The molecule has 4 rings (SSSR count). The third kappa shape index (κ3) is 3.07. The maximum Gasteiger partial charge on any atom is 0.241 e. The molecule has 1 atom stereocenters. The van der Waals surface area contributed by atoms with Crippen LogP contribution in [0.3, 0.4) is 0 Å². The van der Waals surface area contributed by atoms with Crippen molar-refractivity contribution in [3.63, 3.8) is 0 Å². The highest BCUT2D eigenvalue weighted by atomic mass is 32.1. The van der Waals surface area contributed by atoms with Crippen LogP contribution < -0.4 is 0 Å². The average Bonchev–Trinajstić information content (AvgIpc) is 3.29. The predicted molar refractivity (Wildman–Crippen MR) is 91.2 cm³/mol. The van der Waals surface area contributed by atoms with E-state index in [1.165, 1.54) is 24.0 Å². The molecule has 1 aliphatic rings. The lowest BCUT2D eigenvalue weighted by atomic mass is 10.0. The number of hydrogen-bond acceptors (Lipinski definition) is 5. The summed E-state index contributed by atoms with van der Waals surface area (Å²) in [6, 6.07) is 11.3. The van der Waals surface area contributed by atoms with E-state index in [-0.39, 0.29) is 0 Å². The molecule has 0 spiro atoms. The van der Waals surface area contributed by atoms with Gasteiger partial charge in [-0.2, -0.15) is 16.3 Å². The van der Waals surface area contributed by atoms with Crippen molar-refractivity contribution in [3.8, 4) is 11.4 Å². The highest BCUT2D eigenvalue weighted by Gasteiger charge is 2.27. The van der Waals surface area contributed by atoms with Crippen molar-refractivity contribution in [2.45, 2.75) is 32.4 Å². The van der Waals surface area contributed by atoms with Gasteiger partial charge in [0, 0.05) is 17.0 Å². The normalized spacial score (nSPS) is 18.6. The second kappa shape index (κ2) is 6.26. The lowest BCUT2D eigenvalue weighted by Gasteiger charge is -2.23. The number of nitrogens with zero attached hydrogens (tertiary/aromatic N) is 3. The Labute approximate surface area is 139 Å². The van der Waals surface area contributed by atoms with Gasteiger partial charge >= 0.3 is 0 Å². The molecule has 0 aliphatic carbocycles. The Bertz CT molecular complexity index is 764. The van der Waals surface area contributed by atoms with Crippen molar-refractivity contribution in [2.24, 2.45) is 0 Å². The number of aryl methyl sites for hydroxylation is 1. The third-order valence-corrected chi connectivity index (χ3v) is 5.09. The summed E-state index contributed by atoms with van der Waals surface area (Å²) < 4.78 is 5.46. The Kier molecular flexibility index (Phi) is 3.97. The summed E-state index contributed by atoms with van der Waals surface area (Å²) in [5, 5.41) is 8.17. The molecule has 0 N–H and O–H groups in total. The van der Waals surface area contributed by atoms with Crippen molar-refractivity contribution in [1.82, 2.24) is 15.0 Å². The molecule has 118 valence electrons. The summed E-state index contributed by atoms with van der Waals surface area (Å²) >= 11 is 1.64. The second-order valence-corrected chi connectivity index (χ2v) is 6.84. The average molecular weight is 325 g/mol. The first-order chi connectivity index (χ1) is 11.3. The molecule has 0 saturated carbocycles. The number of thiophene rings is 1. The Morgan fingerprint density at radius 3 is 2.91 bits per heavy atom. The first-order valence-corrected chi connectivity index (χ1v) is 8.89. The highest BCUT2D eigenvalue weighted by molar-refractivity contribution is 7.08. The fourth-order valence-electron chi connectivity index (χ4n) is 3.18. The van der Waals surface area contributed by atoms with E-state index in [4.69, 9.17) is 4.52 Å². The molecule has 0 unspecified atom stereocenters. The van der Waals surface area contributed by atoms with Gasteiger partial charge in [0.15, 0.2) is 0 Å². The molecular weight excluding hydrogens is 306 g/mol. The van der Waals surface area contributed by atoms with Crippen molar-refractivity contribution < 1.29 is 4.52 Å². The number of aromatic nitrogens is 2. The molecule has 1 saturated heterocycles. The van der Waals surface area contributed by atoms with Crippen LogP contribution in [0.4, 0.5) is 0 Å². The van der Waals surface area contributed by atoms with Crippen LogP contribution in [0.1, 0.15) is 35.9 Å². The Balaban J connectivity index is 1.50. The number of benzene rings is 1. The number of likely N-dealkylation sites (tertiary alicyclic amines) is 1. The second-order valence-electron chi connectivity index (χ2n) is 6.06. The van der Waals surface area contributed by atoms with Gasteiger partial charge in [-0.15, -0.1) is 0 Å². The first-order valence-electron chi connectivity index (χ1n) is 7.95. The molecule has 4 nitrogen and oxygen atoms in total. The van der Waals surface area contributed by atoms with E-state index in [1.54, 1.807) is 11.3 Å². The molecule has 1 fully saturated rings. The summed E-state index contributed by atoms with van der Waals surface area (Å²) in [6.45, 7) is 3.92. The van der Waals surface area contributed by atoms with Gasteiger partial charge in [0.25, 0.3) is 0 Å². The fourth-order valence-corrected chi connectivity index (χ4v) is 3.82. The largest absolute Gasteiger partial charge is 0.338 e. The standard InChI is InChI=1S/C18H19N3OS/c1-13-4-6-14(7-5-13)16-3-2-9-21(16)11-17-19-18(20-22-17)15-8-10-23-12-15/h4-8,10,12,16H,2-3,9,11H2,1H3/t16-/m0/s1. The SMILES string of the molecule is Cc1ccc([C@@H]2CCCN2Cc2nc(-c3ccsc3)no2)cc1. The van der Waals surface area contributed by atoms with Gasteiger partial charge in [-0.1, -0.05) is 35.0 Å². The van der Waals surface area contributed by atoms with E-state index in [0.29, 0.717) is 17.8 Å². The summed E-state index contributed by atoms with van der Waals surface area (Å²) in [4.78, 5) is 6.99. The molecule has 1 aromatic carbocycles. The van der Waals surface area contributed by atoms with Crippen LogP contribution >= 0.6 is 11.3 Å². The zero-order valence-electron chi connectivity index (χ0n) is 13.1. The highest BCUT2D eigenvalue weighted by Crippen LogP contribution is 2.33. The zero-order valence-corrected chi connectivity index (χ0v) is 13.9. The Morgan fingerprint density at radius 1 is 1.26 bits per heavy atom. The quantitative estimate of drug-likeness (QED) is 0.711. The van der Waals surface area contributed by atoms with Crippen molar-refractivity contribution in [1.29, 1.82) is 0 Å². The molecule has 3 heterocycles. The van der Waals surface area contributed by atoms with Crippen LogP contribution in [0.15, 0.2) is 45.6 Å². The lowest BCUT2D eigenvalue weighted by molar-refractivity contribution is 0.212. The molecule has 0 amide bonds. The lowest BCUT2D eigenvalue weighted by Crippen LogP contribution is -2.22. The predicted octanol–water partition coefficient (Wildman–Crippen LogP) is 4.44. The van der Waals surface area contributed by atoms with Crippen LogP contribution in [0.2, 0.25) is 0 Å². The van der Waals surface area contributed by atoms with Gasteiger partial charge in [-0.05, 0) is 43.3 Å². The van der Waals surface area contributed by atoms with E-state index in [1.807, 2.05) is 16.8 Å². The Morgan fingerprint density at radius 2 is 2.13 bits per heavy atom. The molecule has 3 aromatic rings. The summed E-state index contributed by atoms with van der Waals surface area (Å²) in [5.41, 5.74) is 3.71. The molecule has 23 heavy (non-hydrogen) atoms. The van der Waals surface area contributed by atoms with Crippen LogP contribution in [0, 0.1) is 6.92 Å². The van der Waals surface area contributed by atoms with Crippen LogP contribution in [0.25, 0.3) is 11.4 Å². The van der Waals surface area contributed by atoms with Gasteiger partial charge < -0.3 is 4.52 Å². The zero-order chi connectivity index (χ0) is 15.6. The van der Waals surface area contributed by atoms with E-state index < -0.39 is 0 Å². The molecular formula is C18H19N3OS. The van der Waals surface area contributed by atoms with Gasteiger partial charge in [0.05, 0.1) is 6.54 Å². The van der Waals surface area contributed by atoms with Crippen LogP contribution in [-0.2, 0) is 6.54 Å². The molecule has 5 heteroatoms. The van der Waals surface area contributed by atoms with Gasteiger partial charge in [-0.3, -0.25) is 4.90 Å². The van der Waals surface area contributed by atoms with E-state index in [0.717, 1.165) is 18.7 Å². The minimum absolute atomic E-state index is 0.451. The minimum atomic E-state index is 0.451. The van der Waals surface area contributed by atoms with E-state index in [2.05, 4.69) is 46.2 Å². The van der Waals surface area contributed by atoms with Crippen LogP contribution in [-0.4, -0.2) is 21.6 Å². The number of hydrogen-bond donors (Lipinski definition) is 0. The first kappa shape index (κ1) is 14.6. The fraction of sp³-hybridized carbons (Fsp3) is 0.333. The summed E-state index contributed by atoms with van der Waals surface area (Å²) in [7, 11) is 0. The van der Waals surface area contributed by atoms with Crippen LogP contribution in [0.5, 0.6) is 0 Å². The monoisotopic (exact) mass is 325 g/mol. The van der Waals surface area contributed by atoms with E-state index in [9.17, 15) is 0 Å².